The Morgan fingerprint density at radius 2 is 1.79 bits per heavy atom. The number of ether oxygens (including phenoxy) is 3. The predicted octanol–water partition coefficient (Wildman–Crippen LogP) is 2.80. The smallest absolute Gasteiger partial charge is 0.387 e. The molecular weight excluding hydrogens is 370 g/mol. The Morgan fingerprint density at radius 3 is 2.36 bits per heavy atom. The summed E-state index contributed by atoms with van der Waals surface area (Å²) in [6.07, 6.45) is 0. The number of rotatable bonds is 9. The molecule has 7 nitrogen and oxygen atoms in total. The van der Waals surface area contributed by atoms with E-state index in [2.05, 4.69) is 53.0 Å². The molecule has 0 aliphatic carbocycles. The topological polar surface area (TPSA) is 67.4 Å². The average molecular weight is 400 g/mol. The highest BCUT2D eigenvalue weighted by Crippen LogP contribution is 2.38. The molecular formula is C19H30F2N4O3. The molecule has 2 rings (SSSR count). The molecule has 0 fully saturated rings. The van der Waals surface area contributed by atoms with E-state index >= 15 is 0 Å². The zero-order valence-electron chi connectivity index (χ0n) is 17.1. The molecule has 2 N–H and O–H groups in total. The quantitative estimate of drug-likeness (QED) is 0.491. The van der Waals surface area contributed by atoms with Gasteiger partial charge in [0, 0.05) is 50.4 Å². The number of aliphatic imine (C=N–C) groups is 1. The van der Waals surface area contributed by atoms with Crippen LogP contribution in [-0.2, 0) is 6.54 Å². The van der Waals surface area contributed by atoms with Crippen LogP contribution < -0.4 is 24.8 Å². The lowest BCUT2D eigenvalue weighted by Crippen LogP contribution is -2.45. The summed E-state index contributed by atoms with van der Waals surface area (Å²) in [5.74, 6) is 1.52. The van der Waals surface area contributed by atoms with Crippen LogP contribution in [0.1, 0.15) is 33.3 Å². The second kappa shape index (κ2) is 10.3. The molecule has 0 saturated heterocycles. The fourth-order valence-corrected chi connectivity index (χ4v) is 3.12. The van der Waals surface area contributed by atoms with Gasteiger partial charge >= 0.3 is 6.61 Å². The minimum absolute atomic E-state index is 0.0491. The summed E-state index contributed by atoms with van der Waals surface area (Å²) in [5.41, 5.74) is 0.526. The Bertz CT molecular complexity index is 661. The van der Waals surface area contributed by atoms with Crippen molar-refractivity contribution in [2.75, 3.05) is 26.9 Å². The van der Waals surface area contributed by atoms with E-state index in [1.807, 2.05) is 0 Å². The monoisotopic (exact) mass is 400 g/mol. The normalized spacial score (nSPS) is 13.8. The molecule has 1 aromatic carbocycles. The maximum Gasteiger partial charge on any atom is 0.387 e. The number of nitrogens with one attached hydrogen (secondary N) is 2. The van der Waals surface area contributed by atoms with Crippen LogP contribution in [0.15, 0.2) is 17.1 Å². The third-order valence-electron chi connectivity index (χ3n) is 4.43. The van der Waals surface area contributed by atoms with Crippen LogP contribution in [0.5, 0.6) is 17.2 Å². The highest BCUT2D eigenvalue weighted by Gasteiger charge is 2.20. The third-order valence-corrected chi connectivity index (χ3v) is 4.43. The molecule has 0 spiro atoms. The van der Waals surface area contributed by atoms with Crippen molar-refractivity contribution >= 4 is 5.96 Å². The minimum Gasteiger partial charge on any atom is -0.454 e. The van der Waals surface area contributed by atoms with Gasteiger partial charge in [-0.1, -0.05) is 0 Å². The summed E-state index contributed by atoms with van der Waals surface area (Å²) < 4.78 is 40.6. The largest absolute Gasteiger partial charge is 0.454 e. The van der Waals surface area contributed by atoms with Crippen molar-refractivity contribution in [1.29, 1.82) is 0 Å². The van der Waals surface area contributed by atoms with Crippen molar-refractivity contribution < 1.29 is 23.0 Å². The molecule has 9 heteroatoms. The van der Waals surface area contributed by atoms with E-state index in [9.17, 15) is 8.78 Å². The highest BCUT2D eigenvalue weighted by molar-refractivity contribution is 5.79. The fraction of sp³-hybridized carbons (Fsp3) is 0.632. The van der Waals surface area contributed by atoms with Crippen LogP contribution in [0.2, 0.25) is 0 Å². The van der Waals surface area contributed by atoms with E-state index in [0.717, 1.165) is 6.54 Å². The number of guanidine groups is 1. The van der Waals surface area contributed by atoms with E-state index in [-0.39, 0.29) is 19.1 Å². The summed E-state index contributed by atoms with van der Waals surface area (Å²) in [6, 6.07) is 3.95. The summed E-state index contributed by atoms with van der Waals surface area (Å²) in [5, 5.41) is 6.37. The first-order valence-corrected chi connectivity index (χ1v) is 9.39. The van der Waals surface area contributed by atoms with Gasteiger partial charge in [-0.25, -0.2) is 0 Å². The summed E-state index contributed by atoms with van der Waals surface area (Å²) in [7, 11) is 1.66. The molecule has 1 aliphatic rings. The Morgan fingerprint density at radius 1 is 1.14 bits per heavy atom. The van der Waals surface area contributed by atoms with Crippen molar-refractivity contribution in [3.63, 3.8) is 0 Å². The molecule has 1 aromatic rings. The molecule has 0 amide bonds. The predicted molar refractivity (Wildman–Crippen MR) is 104 cm³/mol. The highest BCUT2D eigenvalue weighted by atomic mass is 19.3. The summed E-state index contributed by atoms with van der Waals surface area (Å²) >= 11 is 0. The van der Waals surface area contributed by atoms with Crippen LogP contribution in [-0.4, -0.2) is 56.5 Å². The number of hydrogen-bond donors (Lipinski definition) is 2. The number of nitrogens with zero attached hydrogens (tertiary/aromatic N) is 2. The number of hydrogen-bond acceptors (Lipinski definition) is 5. The molecule has 0 atom stereocenters. The van der Waals surface area contributed by atoms with E-state index in [1.54, 1.807) is 13.1 Å². The van der Waals surface area contributed by atoms with E-state index < -0.39 is 6.61 Å². The second-order valence-electron chi connectivity index (χ2n) is 6.97. The van der Waals surface area contributed by atoms with Gasteiger partial charge in [0.05, 0.1) is 0 Å². The van der Waals surface area contributed by atoms with Gasteiger partial charge < -0.3 is 24.8 Å². The molecule has 28 heavy (non-hydrogen) atoms. The lowest BCUT2D eigenvalue weighted by molar-refractivity contribution is -0.0505. The van der Waals surface area contributed by atoms with E-state index in [4.69, 9.17) is 9.47 Å². The Hall–Kier alpha value is -2.29. The average Bonchev–Trinajstić information content (AvgIpc) is 3.07. The van der Waals surface area contributed by atoms with Crippen LogP contribution in [0.3, 0.4) is 0 Å². The minimum atomic E-state index is -2.92. The zero-order chi connectivity index (χ0) is 20.7. The Balaban J connectivity index is 1.96. The summed E-state index contributed by atoms with van der Waals surface area (Å²) in [6.45, 7) is 7.61. The Labute approximate surface area is 165 Å². The van der Waals surface area contributed by atoms with Gasteiger partial charge in [-0.05, 0) is 33.8 Å². The van der Waals surface area contributed by atoms with Crippen molar-refractivity contribution in [3.8, 4) is 17.2 Å². The third kappa shape index (κ3) is 6.12. The Kier molecular flexibility index (Phi) is 8.10. The standard InChI is InChI=1S/C19H30F2N4O3/c1-12(2)25(13(3)4)7-6-23-19(22-5)24-10-14-8-16-17(27-11-26-16)9-15(14)28-18(20)21/h8-9,12-13,18H,6-7,10-11H2,1-5H3,(H2,22,23,24). The van der Waals surface area contributed by atoms with Crippen molar-refractivity contribution in [2.45, 2.75) is 52.9 Å². The first kappa shape index (κ1) is 22.0. The van der Waals surface area contributed by atoms with Gasteiger partial charge in [-0.3, -0.25) is 9.89 Å². The fourth-order valence-electron chi connectivity index (χ4n) is 3.12. The molecule has 1 heterocycles. The SMILES string of the molecule is CN=C(NCCN(C(C)C)C(C)C)NCc1cc2c(cc1OC(F)F)OCO2. The van der Waals surface area contributed by atoms with Crippen molar-refractivity contribution in [1.82, 2.24) is 15.5 Å². The first-order chi connectivity index (χ1) is 13.3. The molecule has 0 aromatic heterocycles. The van der Waals surface area contributed by atoms with Gasteiger partial charge in [-0.2, -0.15) is 8.78 Å². The van der Waals surface area contributed by atoms with Crippen molar-refractivity contribution in [2.24, 2.45) is 4.99 Å². The number of halogens is 2. The molecule has 0 bridgehead atoms. The maximum atomic E-state index is 12.7. The van der Waals surface area contributed by atoms with E-state index in [1.165, 1.54) is 6.07 Å². The van der Waals surface area contributed by atoms with Crippen LogP contribution >= 0.6 is 0 Å². The number of alkyl halides is 2. The van der Waals surface area contributed by atoms with Crippen LogP contribution in [0.4, 0.5) is 8.78 Å². The van der Waals surface area contributed by atoms with Gasteiger partial charge in [-0.15, -0.1) is 0 Å². The zero-order valence-corrected chi connectivity index (χ0v) is 17.1. The van der Waals surface area contributed by atoms with Gasteiger partial charge in [0.15, 0.2) is 17.5 Å². The van der Waals surface area contributed by atoms with Crippen molar-refractivity contribution in [3.05, 3.63) is 17.7 Å². The molecule has 158 valence electrons. The molecule has 0 unspecified atom stereocenters. The molecule has 0 saturated carbocycles. The van der Waals surface area contributed by atoms with Gasteiger partial charge in [0.2, 0.25) is 6.79 Å². The lowest BCUT2D eigenvalue weighted by atomic mass is 10.1. The summed E-state index contributed by atoms with van der Waals surface area (Å²) in [4.78, 5) is 6.55. The van der Waals surface area contributed by atoms with Gasteiger partial charge in [0.25, 0.3) is 0 Å². The molecule has 1 aliphatic heterocycles. The van der Waals surface area contributed by atoms with Crippen LogP contribution in [0.25, 0.3) is 0 Å². The maximum absolute atomic E-state index is 12.7. The molecule has 0 radical (unpaired) electrons. The first-order valence-electron chi connectivity index (χ1n) is 9.39. The van der Waals surface area contributed by atoms with E-state index in [0.29, 0.717) is 41.7 Å². The lowest BCUT2D eigenvalue weighted by Gasteiger charge is -2.30. The second-order valence-corrected chi connectivity index (χ2v) is 6.97. The number of benzene rings is 1. The van der Waals surface area contributed by atoms with Crippen LogP contribution in [0, 0.1) is 0 Å². The number of fused-ring (bicyclic) bond motifs is 1. The van der Waals surface area contributed by atoms with Gasteiger partial charge in [0.1, 0.15) is 5.75 Å².